The Morgan fingerprint density at radius 3 is 2.80 bits per heavy atom. The molecule has 0 amide bonds. The number of halogens is 1. The number of hydrogen-bond donors (Lipinski definition) is 0. The Morgan fingerprint density at radius 1 is 1.44 bits per heavy atom. The molecule has 2 aliphatic heterocycles. The number of carbonyl (C=O) groups excluding carboxylic acids is 2. The predicted octanol–water partition coefficient (Wildman–Crippen LogP) is 1.08. The molecule has 1 aromatic rings. The summed E-state index contributed by atoms with van der Waals surface area (Å²) in [7, 11) is -3.06. The molecule has 3 rings (SSSR count). The summed E-state index contributed by atoms with van der Waals surface area (Å²) in [6, 6.07) is -0.307. The van der Waals surface area contributed by atoms with Crippen molar-refractivity contribution in [3.05, 3.63) is 22.5 Å². The van der Waals surface area contributed by atoms with Crippen LogP contribution >= 0.6 is 11.6 Å². The molecule has 0 N–H and O–H groups in total. The van der Waals surface area contributed by atoms with Gasteiger partial charge in [0.25, 0.3) is 0 Å². The minimum absolute atomic E-state index is 0.00281. The number of hydrogen-bond acceptors (Lipinski definition) is 7. The molecule has 8 nitrogen and oxygen atoms in total. The van der Waals surface area contributed by atoms with Crippen LogP contribution in [0.1, 0.15) is 30.1 Å². The minimum Gasteiger partial charge on any atom is -0.463 e. The third kappa shape index (κ3) is 3.87. The van der Waals surface area contributed by atoms with Crippen molar-refractivity contribution >= 4 is 39.5 Å². The van der Waals surface area contributed by atoms with Crippen LogP contribution in [0.3, 0.4) is 0 Å². The molecule has 0 radical (unpaired) electrons. The molecule has 2 saturated heterocycles. The predicted molar refractivity (Wildman–Crippen MR) is 88.8 cm³/mol. The van der Waals surface area contributed by atoms with E-state index >= 15 is 0 Å². The highest BCUT2D eigenvalue weighted by Crippen LogP contribution is 2.30. The van der Waals surface area contributed by atoms with Gasteiger partial charge < -0.3 is 9.47 Å². The second-order valence-corrected chi connectivity index (χ2v) is 8.59. The first-order chi connectivity index (χ1) is 11.8. The van der Waals surface area contributed by atoms with Crippen LogP contribution in [0.5, 0.6) is 0 Å². The van der Waals surface area contributed by atoms with Gasteiger partial charge in [-0.2, -0.15) is 5.10 Å². The van der Waals surface area contributed by atoms with Crippen LogP contribution in [0, 0.1) is 6.92 Å². The van der Waals surface area contributed by atoms with Crippen molar-refractivity contribution in [2.45, 2.75) is 31.9 Å². The Bertz CT molecular complexity index is 844. The molecule has 10 heteroatoms. The van der Waals surface area contributed by atoms with E-state index in [2.05, 4.69) is 5.10 Å². The van der Waals surface area contributed by atoms with Crippen LogP contribution in [0.4, 0.5) is 0 Å². The van der Waals surface area contributed by atoms with E-state index in [-0.39, 0.29) is 29.3 Å². The van der Waals surface area contributed by atoms with Gasteiger partial charge >= 0.3 is 11.9 Å². The fourth-order valence-corrected chi connectivity index (χ4v) is 4.91. The number of ether oxygens (including phenoxy) is 2. The summed E-state index contributed by atoms with van der Waals surface area (Å²) >= 11 is 6.31. The summed E-state index contributed by atoms with van der Waals surface area (Å²) in [5, 5.41) is 4.56. The normalized spacial score (nSPS) is 25.4. The largest absolute Gasteiger partial charge is 0.463 e. The van der Waals surface area contributed by atoms with Gasteiger partial charge in [0, 0.05) is 18.1 Å². The molecule has 0 bridgehead atoms. The molecule has 0 aromatic carbocycles. The maximum absolute atomic E-state index is 11.8. The van der Waals surface area contributed by atoms with E-state index in [1.165, 1.54) is 10.8 Å². The van der Waals surface area contributed by atoms with Crippen LogP contribution < -0.4 is 0 Å². The van der Waals surface area contributed by atoms with E-state index < -0.39 is 27.9 Å². The highest BCUT2D eigenvalue weighted by Gasteiger charge is 2.32. The first kappa shape index (κ1) is 17.9. The van der Waals surface area contributed by atoms with Crippen molar-refractivity contribution in [1.29, 1.82) is 0 Å². The van der Waals surface area contributed by atoms with Gasteiger partial charge in [0.15, 0.2) is 9.84 Å². The molecule has 2 fully saturated rings. The molecule has 0 saturated carbocycles. The number of sulfone groups is 1. The third-order valence-electron chi connectivity index (χ3n) is 4.16. The third-order valence-corrected chi connectivity index (χ3v) is 6.28. The number of nitrogens with zero attached hydrogens (tertiary/aromatic N) is 2. The van der Waals surface area contributed by atoms with E-state index in [1.807, 2.05) is 0 Å². The monoisotopic (exact) mass is 388 g/mol. The molecule has 0 unspecified atom stereocenters. The lowest BCUT2D eigenvalue weighted by atomic mass is 10.2. The maximum Gasteiger partial charge on any atom is 0.347 e. The topological polar surface area (TPSA) is 105 Å². The molecule has 3 heterocycles. The van der Waals surface area contributed by atoms with Gasteiger partial charge in [0.05, 0.1) is 29.8 Å². The molecule has 1 aromatic heterocycles. The Balaban J connectivity index is 1.72. The lowest BCUT2D eigenvalue weighted by Crippen LogP contribution is -2.21. The zero-order chi connectivity index (χ0) is 18.2. The molecule has 2 atom stereocenters. The first-order valence-electron chi connectivity index (χ1n) is 7.77. The Hall–Kier alpha value is -1.87. The van der Waals surface area contributed by atoms with Gasteiger partial charge in [-0.3, -0.25) is 0 Å². The van der Waals surface area contributed by atoms with Crippen molar-refractivity contribution in [2.24, 2.45) is 0 Å². The number of carbonyl (C=O) groups is 2. The van der Waals surface area contributed by atoms with Gasteiger partial charge in [-0.1, -0.05) is 11.6 Å². The van der Waals surface area contributed by atoms with Gasteiger partial charge in [0.2, 0.25) is 6.10 Å². The van der Waals surface area contributed by atoms with Crippen LogP contribution in [-0.2, 0) is 28.9 Å². The zero-order valence-electron chi connectivity index (χ0n) is 13.5. The average Bonchev–Trinajstić information content (AvgIpc) is 3.17. The van der Waals surface area contributed by atoms with Crippen molar-refractivity contribution in [2.75, 3.05) is 18.1 Å². The average molecular weight is 389 g/mol. The lowest BCUT2D eigenvalue weighted by Gasteiger charge is -2.09. The first-order valence-corrected chi connectivity index (χ1v) is 9.97. The molecule has 0 aliphatic carbocycles. The van der Waals surface area contributed by atoms with E-state index in [9.17, 15) is 18.0 Å². The van der Waals surface area contributed by atoms with Crippen LogP contribution in [0.25, 0.3) is 6.08 Å². The second kappa shape index (κ2) is 6.80. The van der Waals surface area contributed by atoms with Crippen molar-refractivity contribution < 1.29 is 27.5 Å². The van der Waals surface area contributed by atoms with Crippen LogP contribution in [0.15, 0.2) is 6.08 Å². The van der Waals surface area contributed by atoms with Crippen LogP contribution in [0.2, 0.25) is 5.15 Å². The van der Waals surface area contributed by atoms with E-state index in [4.69, 9.17) is 21.1 Å². The quantitative estimate of drug-likeness (QED) is 0.561. The number of cyclic esters (lactones) is 1. The lowest BCUT2D eigenvalue weighted by molar-refractivity contribution is -0.156. The van der Waals surface area contributed by atoms with Gasteiger partial charge in [-0.05, 0) is 19.4 Å². The van der Waals surface area contributed by atoms with E-state index in [1.54, 1.807) is 6.92 Å². The molecule has 25 heavy (non-hydrogen) atoms. The summed E-state index contributed by atoms with van der Waals surface area (Å²) in [5.74, 6) is -1.12. The maximum atomic E-state index is 11.8. The number of aromatic nitrogens is 2. The van der Waals surface area contributed by atoms with Crippen LogP contribution in [-0.4, -0.2) is 54.4 Å². The van der Waals surface area contributed by atoms with E-state index in [0.29, 0.717) is 24.1 Å². The standard InChI is InChI=1S/C15H17ClN2O6S/c1-9-11(2-3-13(19)24-12-4-6-23-15(12)20)14(16)18(17-9)10-5-7-25(21,22)8-10/h2-3,10,12H,4-8H2,1H3/b3-2+/t10-,12-/m1/s1. The molecule has 2 aliphatic rings. The smallest absolute Gasteiger partial charge is 0.347 e. The fraction of sp³-hybridized carbons (Fsp3) is 0.533. The highest BCUT2D eigenvalue weighted by molar-refractivity contribution is 7.91. The number of aryl methyl sites for hydroxylation is 1. The summed E-state index contributed by atoms with van der Waals surface area (Å²) in [6.45, 7) is 1.95. The summed E-state index contributed by atoms with van der Waals surface area (Å²) in [4.78, 5) is 23.1. The Labute approximate surface area is 149 Å². The molecular formula is C15H17ClN2O6S. The highest BCUT2D eigenvalue weighted by atomic mass is 35.5. The molecular weight excluding hydrogens is 372 g/mol. The van der Waals surface area contributed by atoms with Crippen molar-refractivity contribution in [3.8, 4) is 0 Å². The van der Waals surface area contributed by atoms with Gasteiger partial charge in [-0.15, -0.1) is 0 Å². The Kier molecular flexibility index (Phi) is 4.88. The zero-order valence-corrected chi connectivity index (χ0v) is 15.0. The van der Waals surface area contributed by atoms with Crippen molar-refractivity contribution in [3.63, 3.8) is 0 Å². The number of rotatable bonds is 4. The minimum atomic E-state index is -3.06. The SMILES string of the molecule is Cc1nn([C@@H]2CCS(=O)(=O)C2)c(Cl)c1/C=C/C(=O)O[C@@H]1CCOC1=O. The fourth-order valence-electron chi connectivity index (χ4n) is 2.85. The molecule has 136 valence electrons. The molecule has 0 spiro atoms. The summed E-state index contributed by atoms with van der Waals surface area (Å²) < 4.78 is 34.5. The summed E-state index contributed by atoms with van der Waals surface area (Å²) in [5.41, 5.74) is 1.08. The van der Waals surface area contributed by atoms with Crippen molar-refractivity contribution in [1.82, 2.24) is 9.78 Å². The summed E-state index contributed by atoms with van der Waals surface area (Å²) in [6.07, 6.45) is 2.54. The van der Waals surface area contributed by atoms with Gasteiger partial charge in [-0.25, -0.2) is 22.7 Å². The second-order valence-electron chi connectivity index (χ2n) is 6.01. The van der Waals surface area contributed by atoms with E-state index in [0.717, 1.165) is 6.08 Å². The van der Waals surface area contributed by atoms with Gasteiger partial charge in [0.1, 0.15) is 5.15 Å². The Morgan fingerprint density at radius 2 is 2.20 bits per heavy atom. The number of esters is 2.